The molecule has 29 heavy (non-hydrogen) atoms. The average molecular weight is 400 g/mol. The summed E-state index contributed by atoms with van der Waals surface area (Å²) >= 11 is 0. The highest BCUT2D eigenvalue weighted by Crippen LogP contribution is 2.03. The molecule has 0 unspecified atom stereocenters. The molecule has 1 aromatic carbocycles. The normalized spacial score (nSPS) is 12.7. The van der Waals surface area contributed by atoms with Gasteiger partial charge in [0.25, 0.3) is 12.6 Å². The molecule has 2 aromatic rings. The zero-order chi connectivity index (χ0) is 21.1. The smallest absolute Gasteiger partial charge is 0.388 e. The third kappa shape index (κ3) is 8.31. The molecule has 0 spiro atoms. The number of carbonyl (C=O) groups is 2. The molecular weight excluding hydrogens is 368 g/mol. The Hall–Kier alpha value is -2.93. The topological polar surface area (TPSA) is 97.3 Å². The maximum absolute atomic E-state index is 12.2. The number of alkyl carbamates (subject to hydrolysis) is 1. The highest BCUT2D eigenvalue weighted by molar-refractivity contribution is 5.94. The van der Waals surface area contributed by atoms with E-state index < -0.39 is 6.09 Å². The van der Waals surface area contributed by atoms with E-state index in [-0.39, 0.29) is 24.7 Å². The van der Waals surface area contributed by atoms with E-state index in [0.29, 0.717) is 12.1 Å². The quantitative estimate of drug-likeness (QED) is 0.533. The lowest BCUT2D eigenvalue weighted by atomic mass is 10.1. The molecule has 1 heterocycles. The van der Waals surface area contributed by atoms with Gasteiger partial charge in [0, 0.05) is 24.2 Å². The summed E-state index contributed by atoms with van der Waals surface area (Å²) in [5.41, 5.74) is 7.20. The first-order valence-corrected chi connectivity index (χ1v) is 9.95. The van der Waals surface area contributed by atoms with E-state index in [9.17, 15) is 9.59 Å². The summed E-state index contributed by atoms with van der Waals surface area (Å²) in [6, 6.07) is 13.4. The van der Waals surface area contributed by atoms with Gasteiger partial charge >= 0.3 is 6.09 Å². The van der Waals surface area contributed by atoms with Gasteiger partial charge in [0.2, 0.25) is 0 Å². The van der Waals surface area contributed by atoms with Crippen molar-refractivity contribution in [3.8, 4) is 0 Å². The molecule has 0 fully saturated rings. The lowest BCUT2D eigenvalue weighted by molar-refractivity contribution is -0.727. The Morgan fingerprint density at radius 2 is 1.72 bits per heavy atom. The fourth-order valence-corrected chi connectivity index (χ4v) is 2.89. The lowest BCUT2D eigenvalue weighted by Gasteiger charge is -2.13. The highest BCUT2D eigenvalue weighted by atomic mass is 16.6. The number of nitrogens with zero attached hydrogens (tertiary/aromatic N) is 1. The van der Waals surface area contributed by atoms with Gasteiger partial charge in [0.1, 0.15) is 0 Å². The summed E-state index contributed by atoms with van der Waals surface area (Å²) in [6.45, 7) is 4.58. The molecule has 156 valence electrons. The molecule has 0 bridgehead atoms. The number of nitrogens with one attached hydrogen (secondary N) is 2. The molecule has 0 aliphatic rings. The third-order valence-electron chi connectivity index (χ3n) is 4.47. The van der Waals surface area contributed by atoms with E-state index in [0.717, 1.165) is 24.8 Å². The minimum atomic E-state index is -0.475. The van der Waals surface area contributed by atoms with Crippen LogP contribution in [0.2, 0.25) is 0 Å². The van der Waals surface area contributed by atoms with Crippen molar-refractivity contribution in [1.82, 2.24) is 10.6 Å². The molecule has 0 aliphatic carbocycles. The number of amides is 2. The van der Waals surface area contributed by atoms with Gasteiger partial charge in [-0.05, 0) is 45.2 Å². The van der Waals surface area contributed by atoms with E-state index >= 15 is 0 Å². The summed E-state index contributed by atoms with van der Waals surface area (Å²) in [7, 11) is 0. The molecule has 2 amide bonds. The number of rotatable bonds is 10. The largest absolute Gasteiger partial charge is 0.412 e. The second-order valence-electron chi connectivity index (χ2n) is 7.20. The number of nitrogens with two attached hydrogens (primary N) is 1. The summed E-state index contributed by atoms with van der Waals surface area (Å²) in [5.74, 6) is -0.130. The summed E-state index contributed by atoms with van der Waals surface area (Å²) in [6.07, 6.45) is 5.40. The van der Waals surface area contributed by atoms with Crippen LogP contribution in [0.15, 0.2) is 54.9 Å². The second-order valence-corrected chi connectivity index (χ2v) is 7.20. The Balaban J connectivity index is 1.74. The first kappa shape index (κ1) is 22.4. The van der Waals surface area contributed by atoms with Gasteiger partial charge in [-0.15, -0.1) is 0 Å². The predicted octanol–water partition coefficient (Wildman–Crippen LogP) is 2.15. The molecule has 7 nitrogen and oxygen atoms in total. The Labute approximate surface area is 172 Å². The fraction of sp³-hybridized carbons (Fsp3) is 0.409. The van der Waals surface area contributed by atoms with Crippen LogP contribution in [0.3, 0.4) is 0 Å². The Bertz CT molecular complexity index is 765. The van der Waals surface area contributed by atoms with Gasteiger partial charge in [0.15, 0.2) is 12.4 Å². The van der Waals surface area contributed by atoms with Gasteiger partial charge in [0.05, 0.1) is 5.56 Å². The van der Waals surface area contributed by atoms with Crippen LogP contribution in [0.5, 0.6) is 0 Å². The van der Waals surface area contributed by atoms with E-state index in [4.69, 9.17) is 10.5 Å². The van der Waals surface area contributed by atoms with Crippen molar-refractivity contribution < 1.29 is 18.9 Å². The van der Waals surface area contributed by atoms with Crippen molar-refractivity contribution in [3.05, 3.63) is 66.0 Å². The number of aromatic nitrogens is 1. The molecule has 0 saturated heterocycles. The van der Waals surface area contributed by atoms with Crippen molar-refractivity contribution in [2.75, 3.05) is 6.54 Å². The number of hydrogen-bond donors (Lipinski definition) is 3. The predicted molar refractivity (Wildman–Crippen MR) is 111 cm³/mol. The minimum absolute atomic E-state index is 0.0396. The van der Waals surface area contributed by atoms with Gasteiger partial charge in [-0.25, -0.2) is 4.79 Å². The van der Waals surface area contributed by atoms with Gasteiger partial charge < -0.3 is 21.1 Å². The van der Waals surface area contributed by atoms with Crippen LogP contribution in [-0.2, 0) is 17.9 Å². The number of hydrogen-bond acceptors (Lipinski definition) is 4. The van der Waals surface area contributed by atoms with Gasteiger partial charge in [-0.3, -0.25) is 4.79 Å². The van der Waals surface area contributed by atoms with Gasteiger partial charge in [-0.2, -0.15) is 4.57 Å². The summed E-state index contributed by atoms with van der Waals surface area (Å²) < 4.78 is 6.94. The molecule has 0 radical (unpaired) electrons. The average Bonchev–Trinajstić information content (AvgIpc) is 2.71. The maximum Gasteiger partial charge on any atom is 0.412 e. The van der Waals surface area contributed by atoms with Crippen LogP contribution in [-0.4, -0.2) is 30.6 Å². The van der Waals surface area contributed by atoms with Gasteiger partial charge in [-0.1, -0.05) is 30.3 Å². The first-order chi connectivity index (χ1) is 14.0. The van der Waals surface area contributed by atoms with Crippen LogP contribution < -0.4 is 20.9 Å². The number of carbonyl (C=O) groups excluding carboxylic acids is 2. The standard InChI is InChI=1S/C22H30N4O3/c1-17(7-6-12-23)24-21(27)20-10-13-26(14-11-20)16-29-22(28)25-18(2)15-19-8-4-3-5-9-19/h3-5,8-11,13-14,17-18H,6-7,12,15-16,23H2,1-2H3,(H-,24,25,27,28)/p+1/t17-,18+/m1/s1. The molecule has 2 rings (SSSR count). The van der Waals surface area contributed by atoms with Crippen molar-refractivity contribution in [2.24, 2.45) is 5.73 Å². The molecule has 0 saturated carbocycles. The van der Waals surface area contributed by atoms with Crippen molar-refractivity contribution >= 4 is 12.0 Å². The summed E-state index contributed by atoms with van der Waals surface area (Å²) in [4.78, 5) is 24.2. The Kier molecular flexibility index (Phi) is 9.11. The second kappa shape index (κ2) is 11.8. The fourth-order valence-electron chi connectivity index (χ4n) is 2.89. The van der Waals surface area contributed by atoms with Crippen LogP contribution in [0.1, 0.15) is 42.6 Å². The molecule has 1 aromatic heterocycles. The van der Waals surface area contributed by atoms with E-state index in [1.165, 1.54) is 0 Å². The van der Waals surface area contributed by atoms with Crippen molar-refractivity contribution in [3.63, 3.8) is 0 Å². The molecule has 2 atom stereocenters. The number of benzene rings is 1. The van der Waals surface area contributed by atoms with Crippen LogP contribution in [0.4, 0.5) is 4.79 Å². The first-order valence-electron chi connectivity index (χ1n) is 9.95. The van der Waals surface area contributed by atoms with Crippen LogP contribution in [0.25, 0.3) is 0 Å². The Morgan fingerprint density at radius 3 is 2.38 bits per heavy atom. The molecule has 7 heteroatoms. The van der Waals surface area contributed by atoms with Crippen molar-refractivity contribution in [1.29, 1.82) is 0 Å². The van der Waals surface area contributed by atoms with E-state index in [2.05, 4.69) is 10.6 Å². The van der Waals surface area contributed by atoms with Crippen LogP contribution >= 0.6 is 0 Å². The Morgan fingerprint density at radius 1 is 1.03 bits per heavy atom. The highest BCUT2D eigenvalue weighted by Gasteiger charge is 2.13. The molecule has 4 N–H and O–H groups in total. The monoisotopic (exact) mass is 399 g/mol. The summed E-state index contributed by atoms with van der Waals surface area (Å²) in [5, 5.41) is 5.76. The molecular formula is C22H31N4O3+. The minimum Gasteiger partial charge on any atom is -0.388 e. The van der Waals surface area contributed by atoms with E-state index in [1.54, 1.807) is 29.1 Å². The van der Waals surface area contributed by atoms with Crippen molar-refractivity contribution in [2.45, 2.75) is 51.9 Å². The zero-order valence-corrected chi connectivity index (χ0v) is 17.1. The maximum atomic E-state index is 12.2. The number of pyridine rings is 1. The molecule has 0 aliphatic heterocycles. The SMILES string of the molecule is C[C@H](CCCN)NC(=O)c1cc[n+](COC(=O)N[C@@H](C)Cc2ccccc2)cc1. The van der Waals surface area contributed by atoms with Crippen LogP contribution in [0, 0.1) is 0 Å². The van der Waals surface area contributed by atoms with E-state index in [1.807, 2.05) is 44.2 Å². The third-order valence-corrected chi connectivity index (χ3v) is 4.47. The zero-order valence-electron chi connectivity index (χ0n) is 17.1. The number of ether oxygens (including phenoxy) is 1. The lowest BCUT2D eigenvalue weighted by Crippen LogP contribution is -2.41.